The van der Waals surface area contributed by atoms with Gasteiger partial charge in [-0.1, -0.05) is 47.3 Å². The number of hydrogen-bond donors (Lipinski definition) is 1. The highest BCUT2D eigenvalue weighted by Gasteiger charge is 2.27. The van der Waals surface area contributed by atoms with Gasteiger partial charge in [0.15, 0.2) is 5.76 Å². The third-order valence-electron chi connectivity index (χ3n) is 4.88. The molecule has 0 bridgehead atoms. The van der Waals surface area contributed by atoms with Crippen molar-refractivity contribution < 1.29 is 9.21 Å². The van der Waals surface area contributed by atoms with E-state index in [9.17, 15) is 4.79 Å². The molecule has 0 spiro atoms. The molecule has 0 atom stereocenters. The van der Waals surface area contributed by atoms with E-state index in [1.54, 1.807) is 18.4 Å². The third kappa shape index (κ3) is 4.13. The second kappa shape index (κ2) is 8.08. The van der Waals surface area contributed by atoms with Gasteiger partial charge in [0.1, 0.15) is 0 Å². The summed E-state index contributed by atoms with van der Waals surface area (Å²) in [4.78, 5) is 17.6. The van der Waals surface area contributed by atoms with Crippen molar-refractivity contribution in [2.45, 2.75) is 38.6 Å². The minimum atomic E-state index is 0.0122. The molecule has 0 saturated heterocycles. The number of furan rings is 1. The van der Waals surface area contributed by atoms with Gasteiger partial charge in [-0.3, -0.25) is 4.79 Å². The smallest absolute Gasteiger partial charge is 0.253 e. The number of anilines is 1. The van der Waals surface area contributed by atoms with Crippen molar-refractivity contribution in [2.75, 3.05) is 5.32 Å². The fraction of sp³-hybridized carbons (Fsp3) is 0.350. The first-order valence-electron chi connectivity index (χ1n) is 9.24. The molecule has 7 heteroatoms. The Kier molecular flexibility index (Phi) is 5.38. The summed E-state index contributed by atoms with van der Waals surface area (Å²) < 4.78 is 7.86. The SMILES string of the molecule is O=C(C1CCCCC1)n1nc(-c2ccco2)nc1NCc1ccc(Br)cc1. The molecule has 27 heavy (non-hydrogen) atoms. The van der Waals surface area contributed by atoms with Gasteiger partial charge in [0.05, 0.1) is 6.26 Å². The highest BCUT2D eigenvalue weighted by atomic mass is 79.9. The summed E-state index contributed by atoms with van der Waals surface area (Å²) in [6.07, 6.45) is 6.80. The first-order valence-corrected chi connectivity index (χ1v) is 10.0. The van der Waals surface area contributed by atoms with Crippen LogP contribution in [0.4, 0.5) is 5.95 Å². The zero-order chi connectivity index (χ0) is 18.6. The highest BCUT2D eigenvalue weighted by molar-refractivity contribution is 9.10. The lowest BCUT2D eigenvalue weighted by atomic mass is 9.89. The van der Waals surface area contributed by atoms with Crippen molar-refractivity contribution in [3.8, 4) is 11.6 Å². The highest BCUT2D eigenvalue weighted by Crippen LogP contribution is 2.27. The molecule has 0 amide bonds. The number of halogens is 1. The molecule has 2 aromatic heterocycles. The summed E-state index contributed by atoms with van der Waals surface area (Å²) in [5, 5.41) is 7.71. The summed E-state index contributed by atoms with van der Waals surface area (Å²) in [5.74, 6) is 1.45. The summed E-state index contributed by atoms with van der Waals surface area (Å²) in [5.41, 5.74) is 1.09. The second-order valence-electron chi connectivity index (χ2n) is 6.80. The number of hydrogen-bond acceptors (Lipinski definition) is 5. The molecule has 6 nitrogen and oxygen atoms in total. The van der Waals surface area contributed by atoms with E-state index in [2.05, 4.69) is 31.3 Å². The van der Waals surface area contributed by atoms with E-state index in [0.29, 0.717) is 24.1 Å². The Hall–Kier alpha value is -2.41. The van der Waals surface area contributed by atoms with Crippen LogP contribution < -0.4 is 5.32 Å². The van der Waals surface area contributed by atoms with Crippen LogP contribution in [0.5, 0.6) is 0 Å². The van der Waals surface area contributed by atoms with Gasteiger partial charge in [0.2, 0.25) is 11.8 Å². The predicted octanol–water partition coefficient (Wildman–Crippen LogP) is 5.13. The lowest BCUT2D eigenvalue weighted by Gasteiger charge is -2.20. The first kappa shape index (κ1) is 18.0. The summed E-state index contributed by atoms with van der Waals surface area (Å²) >= 11 is 3.44. The van der Waals surface area contributed by atoms with Crippen molar-refractivity contribution in [3.05, 3.63) is 52.7 Å². The van der Waals surface area contributed by atoms with E-state index in [1.165, 1.54) is 11.1 Å². The van der Waals surface area contributed by atoms with Crippen LogP contribution in [-0.2, 0) is 6.54 Å². The van der Waals surface area contributed by atoms with Crippen LogP contribution in [0.1, 0.15) is 42.5 Å². The largest absolute Gasteiger partial charge is 0.461 e. The normalized spacial score (nSPS) is 15.0. The van der Waals surface area contributed by atoms with Gasteiger partial charge in [0, 0.05) is 16.9 Å². The Morgan fingerprint density at radius 3 is 2.67 bits per heavy atom. The number of rotatable bonds is 5. The van der Waals surface area contributed by atoms with Gasteiger partial charge < -0.3 is 9.73 Å². The van der Waals surface area contributed by atoms with Crippen LogP contribution in [0.3, 0.4) is 0 Å². The van der Waals surface area contributed by atoms with E-state index in [-0.39, 0.29) is 11.8 Å². The first-order chi connectivity index (χ1) is 13.2. The van der Waals surface area contributed by atoms with Crippen molar-refractivity contribution in [1.29, 1.82) is 0 Å². The second-order valence-corrected chi connectivity index (χ2v) is 7.72. The fourth-order valence-corrected chi connectivity index (χ4v) is 3.66. The number of aromatic nitrogens is 3. The molecule has 3 aromatic rings. The molecule has 4 rings (SSSR count). The number of carbonyl (C=O) groups excluding carboxylic acids is 1. The molecule has 1 N–H and O–H groups in total. The Morgan fingerprint density at radius 2 is 1.96 bits per heavy atom. The van der Waals surface area contributed by atoms with Crippen LogP contribution in [0.2, 0.25) is 0 Å². The average molecular weight is 429 g/mol. The van der Waals surface area contributed by atoms with Crippen molar-refractivity contribution in [1.82, 2.24) is 14.8 Å². The van der Waals surface area contributed by atoms with E-state index < -0.39 is 0 Å². The van der Waals surface area contributed by atoms with E-state index in [4.69, 9.17) is 4.42 Å². The molecule has 140 valence electrons. The van der Waals surface area contributed by atoms with Crippen molar-refractivity contribution in [3.63, 3.8) is 0 Å². The van der Waals surface area contributed by atoms with Gasteiger partial charge in [-0.25, -0.2) is 0 Å². The van der Waals surface area contributed by atoms with E-state index in [0.717, 1.165) is 35.7 Å². The standard InChI is InChI=1S/C20H21BrN4O2/c21-16-10-8-14(9-11-16)13-22-20-23-18(17-7-4-12-27-17)24-25(20)19(26)15-5-2-1-3-6-15/h4,7-12,15H,1-3,5-6,13H2,(H,22,23,24). The molecular weight excluding hydrogens is 408 g/mol. The number of benzene rings is 1. The Bertz CT molecular complexity index is 897. The number of nitrogens with zero attached hydrogens (tertiary/aromatic N) is 3. The zero-order valence-electron chi connectivity index (χ0n) is 14.9. The molecule has 1 aliphatic rings. The van der Waals surface area contributed by atoms with E-state index in [1.807, 2.05) is 24.3 Å². The topological polar surface area (TPSA) is 73.0 Å². The molecule has 2 heterocycles. The molecule has 1 saturated carbocycles. The fourth-order valence-electron chi connectivity index (χ4n) is 3.40. The molecule has 1 aromatic carbocycles. The van der Waals surface area contributed by atoms with E-state index >= 15 is 0 Å². The molecule has 0 unspecified atom stereocenters. The maximum absolute atomic E-state index is 13.0. The van der Waals surface area contributed by atoms with Crippen molar-refractivity contribution >= 4 is 27.8 Å². The Morgan fingerprint density at radius 1 is 1.19 bits per heavy atom. The average Bonchev–Trinajstić information content (AvgIpc) is 3.37. The van der Waals surface area contributed by atoms with Gasteiger partial charge in [-0.2, -0.15) is 9.67 Å². The van der Waals surface area contributed by atoms with Gasteiger partial charge >= 0.3 is 0 Å². The van der Waals surface area contributed by atoms with Gasteiger partial charge in [0.25, 0.3) is 5.91 Å². The van der Waals surface area contributed by atoms with Crippen LogP contribution in [0.15, 0.2) is 51.6 Å². The van der Waals surface area contributed by atoms with Crippen LogP contribution in [0, 0.1) is 5.92 Å². The zero-order valence-corrected chi connectivity index (χ0v) is 16.5. The van der Waals surface area contributed by atoms with Crippen LogP contribution in [0.25, 0.3) is 11.6 Å². The molecule has 1 fully saturated rings. The molecule has 0 radical (unpaired) electrons. The lowest BCUT2D eigenvalue weighted by molar-refractivity contribution is 0.0787. The molecule has 0 aliphatic heterocycles. The summed E-state index contributed by atoms with van der Waals surface area (Å²) in [6.45, 7) is 0.557. The van der Waals surface area contributed by atoms with Crippen molar-refractivity contribution in [2.24, 2.45) is 5.92 Å². The van der Waals surface area contributed by atoms with Crippen LogP contribution >= 0.6 is 15.9 Å². The molecular formula is C20H21BrN4O2. The summed E-state index contributed by atoms with van der Waals surface area (Å²) in [6, 6.07) is 11.6. The van der Waals surface area contributed by atoms with Crippen LogP contribution in [-0.4, -0.2) is 20.7 Å². The third-order valence-corrected chi connectivity index (χ3v) is 5.40. The molecule has 1 aliphatic carbocycles. The Labute approximate surface area is 166 Å². The maximum Gasteiger partial charge on any atom is 0.253 e. The monoisotopic (exact) mass is 428 g/mol. The maximum atomic E-state index is 13.0. The lowest BCUT2D eigenvalue weighted by Crippen LogP contribution is -2.26. The number of nitrogens with one attached hydrogen (secondary N) is 1. The van der Waals surface area contributed by atoms with Gasteiger partial charge in [-0.05, 0) is 42.7 Å². The minimum absolute atomic E-state index is 0.0122. The quantitative estimate of drug-likeness (QED) is 0.609. The number of carbonyl (C=O) groups is 1. The summed E-state index contributed by atoms with van der Waals surface area (Å²) in [7, 11) is 0. The predicted molar refractivity (Wildman–Crippen MR) is 106 cm³/mol. The van der Waals surface area contributed by atoms with Gasteiger partial charge in [-0.15, -0.1) is 5.10 Å². The minimum Gasteiger partial charge on any atom is -0.461 e. The Balaban J connectivity index is 1.59.